The van der Waals surface area contributed by atoms with Crippen molar-refractivity contribution < 1.29 is 4.79 Å². The molecule has 0 fully saturated rings. The zero-order chi connectivity index (χ0) is 14.0. The van der Waals surface area contributed by atoms with Crippen LogP contribution in [0.2, 0.25) is 0 Å². The molecule has 0 aliphatic rings. The lowest BCUT2D eigenvalue weighted by Crippen LogP contribution is -2.28. The molecular formula is C11H17N7O. The molecule has 0 saturated carbocycles. The number of hydrogen-bond donors (Lipinski definition) is 2. The van der Waals surface area contributed by atoms with Crippen LogP contribution < -0.4 is 11.1 Å². The molecule has 8 nitrogen and oxygen atoms in total. The van der Waals surface area contributed by atoms with Gasteiger partial charge in [0.25, 0.3) is 5.91 Å². The van der Waals surface area contributed by atoms with E-state index in [1.807, 2.05) is 0 Å². The second-order valence-corrected chi connectivity index (χ2v) is 4.31. The first-order valence-electron chi connectivity index (χ1n) is 5.91. The van der Waals surface area contributed by atoms with Crippen LogP contribution in [0.4, 0.5) is 5.69 Å². The highest BCUT2D eigenvalue weighted by Gasteiger charge is 2.17. The Morgan fingerprint density at radius 3 is 2.68 bits per heavy atom. The van der Waals surface area contributed by atoms with E-state index in [1.165, 1.54) is 4.68 Å². The standard InChI is InChI=1S/C11H17N7O/c1-7-9(12)10(18(3)15-7)11(19)13-5-4-8-14-6-17(2)16-8/h6H,4-5,12H2,1-3H3,(H,13,19). The van der Waals surface area contributed by atoms with Gasteiger partial charge in [-0.05, 0) is 6.92 Å². The predicted molar refractivity (Wildman–Crippen MR) is 69.4 cm³/mol. The molecule has 2 aromatic rings. The maximum Gasteiger partial charge on any atom is 0.271 e. The van der Waals surface area contributed by atoms with Crippen molar-refractivity contribution in [1.29, 1.82) is 0 Å². The molecule has 8 heteroatoms. The van der Waals surface area contributed by atoms with E-state index in [9.17, 15) is 4.79 Å². The number of nitrogens with zero attached hydrogens (tertiary/aromatic N) is 5. The van der Waals surface area contributed by atoms with Crippen LogP contribution in [0, 0.1) is 6.92 Å². The van der Waals surface area contributed by atoms with E-state index in [1.54, 1.807) is 32.0 Å². The number of amides is 1. The molecule has 2 heterocycles. The van der Waals surface area contributed by atoms with E-state index in [0.717, 1.165) is 0 Å². The Kier molecular flexibility index (Phi) is 3.50. The number of carbonyl (C=O) groups is 1. The molecule has 0 saturated heterocycles. The van der Waals surface area contributed by atoms with E-state index in [-0.39, 0.29) is 5.91 Å². The maximum absolute atomic E-state index is 12.0. The van der Waals surface area contributed by atoms with Crippen LogP contribution in [0.3, 0.4) is 0 Å². The summed E-state index contributed by atoms with van der Waals surface area (Å²) in [5.41, 5.74) is 7.26. The average molecular weight is 263 g/mol. The van der Waals surface area contributed by atoms with Crippen LogP contribution in [0.15, 0.2) is 6.33 Å². The van der Waals surface area contributed by atoms with Crippen molar-refractivity contribution >= 4 is 11.6 Å². The maximum atomic E-state index is 12.0. The molecule has 0 atom stereocenters. The monoisotopic (exact) mass is 263 g/mol. The molecule has 19 heavy (non-hydrogen) atoms. The van der Waals surface area contributed by atoms with Gasteiger partial charge in [0, 0.05) is 27.1 Å². The summed E-state index contributed by atoms with van der Waals surface area (Å²) in [7, 11) is 3.49. The molecule has 1 amide bonds. The van der Waals surface area contributed by atoms with E-state index in [0.29, 0.717) is 35.9 Å². The van der Waals surface area contributed by atoms with Crippen molar-refractivity contribution in [2.75, 3.05) is 12.3 Å². The highest BCUT2D eigenvalue weighted by molar-refractivity contribution is 5.97. The quantitative estimate of drug-likeness (QED) is 0.767. The van der Waals surface area contributed by atoms with Crippen LogP contribution in [0.25, 0.3) is 0 Å². The zero-order valence-corrected chi connectivity index (χ0v) is 11.2. The Hall–Kier alpha value is -2.38. The Labute approximate surface area is 110 Å². The Bertz CT molecular complexity index is 598. The summed E-state index contributed by atoms with van der Waals surface area (Å²) in [6, 6.07) is 0. The third kappa shape index (κ3) is 2.72. The topological polar surface area (TPSA) is 104 Å². The van der Waals surface area contributed by atoms with Crippen LogP contribution in [-0.2, 0) is 20.5 Å². The number of nitrogen functional groups attached to an aromatic ring is 1. The van der Waals surface area contributed by atoms with Crippen molar-refractivity contribution in [1.82, 2.24) is 29.9 Å². The molecule has 0 spiro atoms. The summed E-state index contributed by atoms with van der Waals surface area (Å²) in [6.45, 7) is 2.22. The molecule has 0 aliphatic carbocycles. The van der Waals surface area contributed by atoms with Crippen LogP contribution >= 0.6 is 0 Å². The first kappa shape index (κ1) is 13.1. The van der Waals surface area contributed by atoms with Crippen molar-refractivity contribution in [3.8, 4) is 0 Å². The zero-order valence-electron chi connectivity index (χ0n) is 11.2. The van der Waals surface area contributed by atoms with Gasteiger partial charge < -0.3 is 11.1 Å². The SMILES string of the molecule is Cc1nn(C)c(C(=O)NCCc2ncn(C)n2)c1N. The fourth-order valence-corrected chi connectivity index (χ4v) is 1.81. The minimum Gasteiger partial charge on any atom is -0.395 e. The Morgan fingerprint density at radius 1 is 1.42 bits per heavy atom. The number of carbonyl (C=O) groups excluding carboxylic acids is 1. The molecule has 3 N–H and O–H groups in total. The highest BCUT2D eigenvalue weighted by Crippen LogP contribution is 2.14. The lowest BCUT2D eigenvalue weighted by molar-refractivity contribution is 0.0945. The summed E-state index contributed by atoms with van der Waals surface area (Å²) in [5, 5.41) is 11.0. The number of hydrogen-bond acceptors (Lipinski definition) is 5. The molecule has 0 unspecified atom stereocenters. The molecular weight excluding hydrogens is 246 g/mol. The van der Waals surface area contributed by atoms with Crippen LogP contribution in [-0.4, -0.2) is 37.0 Å². The van der Waals surface area contributed by atoms with Gasteiger partial charge in [-0.2, -0.15) is 10.2 Å². The smallest absolute Gasteiger partial charge is 0.271 e. The minimum atomic E-state index is -0.239. The van der Waals surface area contributed by atoms with Crippen LogP contribution in [0.1, 0.15) is 22.0 Å². The minimum absolute atomic E-state index is 0.239. The van der Waals surface area contributed by atoms with Gasteiger partial charge in [0.15, 0.2) is 5.82 Å². The molecule has 2 aromatic heterocycles. The lowest BCUT2D eigenvalue weighted by Gasteiger charge is -2.04. The second-order valence-electron chi connectivity index (χ2n) is 4.31. The fourth-order valence-electron chi connectivity index (χ4n) is 1.81. The summed E-state index contributed by atoms with van der Waals surface area (Å²) < 4.78 is 3.11. The number of nitrogens with one attached hydrogen (secondary N) is 1. The van der Waals surface area contributed by atoms with E-state index in [2.05, 4.69) is 20.5 Å². The number of rotatable bonds is 4. The summed E-state index contributed by atoms with van der Waals surface area (Å²) >= 11 is 0. The van der Waals surface area contributed by atoms with Crippen LogP contribution in [0.5, 0.6) is 0 Å². The van der Waals surface area contributed by atoms with Gasteiger partial charge in [-0.15, -0.1) is 0 Å². The van der Waals surface area contributed by atoms with E-state index >= 15 is 0 Å². The normalized spacial score (nSPS) is 10.7. The average Bonchev–Trinajstić information content (AvgIpc) is 2.84. The van der Waals surface area contributed by atoms with Gasteiger partial charge in [0.05, 0.1) is 11.4 Å². The fraction of sp³-hybridized carbons (Fsp3) is 0.455. The van der Waals surface area contributed by atoms with Crippen molar-refractivity contribution in [3.05, 3.63) is 23.5 Å². The number of aryl methyl sites for hydroxylation is 3. The molecule has 0 bridgehead atoms. The van der Waals surface area contributed by atoms with E-state index in [4.69, 9.17) is 5.73 Å². The number of aromatic nitrogens is 5. The first-order valence-corrected chi connectivity index (χ1v) is 5.91. The molecule has 102 valence electrons. The van der Waals surface area contributed by atoms with Crippen molar-refractivity contribution in [3.63, 3.8) is 0 Å². The molecule has 0 aromatic carbocycles. The first-order chi connectivity index (χ1) is 8.99. The second kappa shape index (κ2) is 5.09. The van der Waals surface area contributed by atoms with Gasteiger partial charge in [-0.25, -0.2) is 4.98 Å². The van der Waals surface area contributed by atoms with Gasteiger partial charge in [-0.3, -0.25) is 14.2 Å². The summed E-state index contributed by atoms with van der Waals surface area (Å²) in [6.07, 6.45) is 2.20. The van der Waals surface area contributed by atoms with E-state index < -0.39 is 0 Å². The third-order valence-electron chi connectivity index (χ3n) is 2.76. The van der Waals surface area contributed by atoms with Gasteiger partial charge >= 0.3 is 0 Å². The Morgan fingerprint density at radius 2 is 2.16 bits per heavy atom. The number of anilines is 1. The van der Waals surface area contributed by atoms with Gasteiger partial charge in [0.1, 0.15) is 12.0 Å². The molecule has 2 rings (SSSR count). The lowest BCUT2D eigenvalue weighted by atomic mass is 10.3. The predicted octanol–water partition coefficient (Wildman–Crippen LogP) is -0.588. The third-order valence-corrected chi connectivity index (χ3v) is 2.76. The van der Waals surface area contributed by atoms with Crippen molar-refractivity contribution in [2.45, 2.75) is 13.3 Å². The highest BCUT2D eigenvalue weighted by atomic mass is 16.2. The molecule has 0 radical (unpaired) electrons. The largest absolute Gasteiger partial charge is 0.395 e. The molecule has 0 aliphatic heterocycles. The van der Waals surface area contributed by atoms with Gasteiger partial charge in [-0.1, -0.05) is 0 Å². The summed E-state index contributed by atoms with van der Waals surface area (Å²) in [5.74, 6) is 0.452. The Balaban J connectivity index is 1.94. The summed E-state index contributed by atoms with van der Waals surface area (Å²) in [4.78, 5) is 16.1. The van der Waals surface area contributed by atoms with Gasteiger partial charge in [0.2, 0.25) is 0 Å². The number of nitrogens with two attached hydrogens (primary N) is 1. The van der Waals surface area contributed by atoms with Crippen molar-refractivity contribution in [2.24, 2.45) is 14.1 Å².